The molecule has 0 spiro atoms. The molecule has 4 aromatic rings. The van der Waals surface area contributed by atoms with Crippen molar-refractivity contribution < 1.29 is 13.5 Å². The number of furan rings is 1. The molecule has 7 heteroatoms. The average Bonchev–Trinajstić information content (AvgIpc) is 3.27. The lowest BCUT2D eigenvalue weighted by Crippen LogP contribution is -1.94. The van der Waals surface area contributed by atoms with Crippen molar-refractivity contribution in [3.05, 3.63) is 77.8 Å². The predicted molar refractivity (Wildman–Crippen MR) is 100 cm³/mol. The largest absolute Gasteiger partial charge is 0.460 e. The number of para-hydroxylation sites is 1. The van der Waals surface area contributed by atoms with Gasteiger partial charge in [-0.1, -0.05) is 35.6 Å². The Balaban J connectivity index is 1.33. The van der Waals surface area contributed by atoms with Crippen LogP contribution in [-0.2, 0) is 6.61 Å². The van der Waals surface area contributed by atoms with Crippen LogP contribution in [0.2, 0.25) is 0 Å². The van der Waals surface area contributed by atoms with Crippen molar-refractivity contribution in [2.24, 2.45) is 5.10 Å². The Hall–Kier alpha value is -3.19. The Labute approximate surface area is 152 Å². The molecule has 0 fully saturated rings. The van der Waals surface area contributed by atoms with Gasteiger partial charge < -0.3 is 9.15 Å². The normalized spacial score (nSPS) is 11.3. The topological polar surface area (TPSA) is 59.6 Å². The molecule has 4 rings (SSSR count). The molecule has 5 nitrogen and oxygen atoms in total. The van der Waals surface area contributed by atoms with Crippen LogP contribution in [0.15, 0.2) is 70.2 Å². The number of ether oxygens (including phenoxy) is 1. The van der Waals surface area contributed by atoms with Gasteiger partial charge in [-0.2, -0.15) is 5.10 Å². The van der Waals surface area contributed by atoms with Gasteiger partial charge >= 0.3 is 0 Å². The second-order valence-electron chi connectivity index (χ2n) is 5.43. The summed E-state index contributed by atoms with van der Waals surface area (Å²) in [6.07, 6.45) is 1.55. The Morgan fingerprint density at radius 1 is 1.12 bits per heavy atom. The van der Waals surface area contributed by atoms with Crippen LogP contribution in [0.1, 0.15) is 11.3 Å². The predicted octanol–water partition coefficient (Wildman–Crippen LogP) is 5.05. The molecular formula is C19H14FN3O2S. The first-order valence-electron chi connectivity index (χ1n) is 7.88. The first-order chi connectivity index (χ1) is 12.8. The fourth-order valence-electron chi connectivity index (χ4n) is 2.29. The molecule has 0 aliphatic heterocycles. The SMILES string of the molecule is Fc1ccc(COc2ccc(/C=N/Nc3nc4ccccc4s3)o2)cc1. The summed E-state index contributed by atoms with van der Waals surface area (Å²) in [6.45, 7) is 0.300. The molecule has 26 heavy (non-hydrogen) atoms. The van der Waals surface area contributed by atoms with Crippen LogP contribution < -0.4 is 10.2 Å². The van der Waals surface area contributed by atoms with E-state index in [-0.39, 0.29) is 5.82 Å². The average molecular weight is 367 g/mol. The summed E-state index contributed by atoms with van der Waals surface area (Å²) in [5.74, 6) is 0.648. The van der Waals surface area contributed by atoms with Crippen molar-refractivity contribution in [1.82, 2.24) is 4.98 Å². The van der Waals surface area contributed by atoms with Crippen molar-refractivity contribution in [1.29, 1.82) is 0 Å². The van der Waals surface area contributed by atoms with Crippen LogP contribution in [0.3, 0.4) is 0 Å². The van der Waals surface area contributed by atoms with Crippen LogP contribution in [0.5, 0.6) is 5.95 Å². The molecule has 1 N–H and O–H groups in total. The maximum atomic E-state index is 12.9. The van der Waals surface area contributed by atoms with Crippen LogP contribution in [-0.4, -0.2) is 11.2 Å². The summed E-state index contributed by atoms with van der Waals surface area (Å²) < 4.78 is 25.0. The third-order valence-electron chi connectivity index (χ3n) is 3.54. The van der Waals surface area contributed by atoms with Crippen LogP contribution >= 0.6 is 11.3 Å². The first kappa shape index (κ1) is 16.3. The lowest BCUT2D eigenvalue weighted by atomic mass is 10.2. The number of benzene rings is 2. The highest BCUT2D eigenvalue weighted by Gasteiger charge is 2.03. The third-order valence-corrected chi connectivity index (χ3v) is 4.48. The van der Waals surface area contributed by atoms with E-state index >= 15 is 0 Å². The van der Waals surface area contributed by atoms with E-state index in [0.29, 0.717) is 23.4 Å². The van der Waals surface area contributed by atoms with Crippen molar-refractivity contribution in [2.75, 3.05) is 5.43 Å². The van der Waals surface area contributed by atoms with Crippen molar-refractivity contribution in [2.45, 2.75) is 6.61 Å². The van der Waals surface area contributed by atoms with Gasteiger partial charge in [-0.3, -0.25) is 5.43 Å². The lowest BCUT2D eigenvalue weighted by molar-refractivity contribution is 0.231. The molecule has 0 saturated heterocycles. The molecule has 0 radical (unpaired) electrons. The van der Waals surface area contributed by atoms with Crippen molar-refractivity contribution in [3.63, 3.8) is 0 Å². The molecule has 0 unspecified atom stereocenters. The Bertz CT molecular complexity index is 1010. The van der Waals surface area contributed by atoms with Gasteiger partial charge in [0, 0.05) is 6.07 Å². The monoisotopic (exact) mass is 367 g/mol. The maximum absolute atomic E-state index is 12.9. The number of hydrogen-bond donors (Lipinski definition) is 1. The van der Waals surface area contributed by atoms with Gasteiger partial charge in [0.2, 0.25) is 5.13 Å². The minimum Gasteiger partial charge on any atom is -0.460 e. The molecule has 0 atom stereocenters. The second-order valence-corrected chi connectivity index (χ2v) is 6.46. The highest BCUT2D eigenvalue weighted by Crippen LogP contribution is 2.25. The smallest absolute Gasteiger partial charge is 0.285 e. The molecule has 0 aliphatic carbocycles. The Kier molecular flexibility index (Phi) is 4.61. The van der Waals surface area contributed by atoms with E-state index in [1.165, 1.54) is 23.5 Å². The highest BCUT2D eigenvalue weighted by molar-refractivity contribution is 7.22. The number of halogens is 1. The summed E-state index contributed by atoms with van der Waals surface area (Å²) >= 11 is 1.53. The maximum Gasteiger partial charge on any atom is 0.285 e. The van der Waals surface area contributed by atoms with Crippen LogP contribution in [0, 0.1) is 5.82 Å². The number of rotatable bonds is 6. The van der Waals surface area contributed by atoms with E-state index < -0.39 is 0 Å². The molecule has 130 valence electrons. The molecule has 0 amide bonds. The van der Waals surface area contributed by atoms with Gasteiger partial charge in [0.15, 0.2) is 5.76 Å². The van der Waals surface area contributed by atoms with Crippen molar-refractivity contribution in [3.8, 4) is 5.95 Å². The number of aromatic nitrogens is 1. The Morgan fingerprint density at radius 2 is 1.96 bits per heavy atom. The van der Waals surface area contributed by atoms with Crippen LogP contribution in [0.4, 0.5) is 9.52 Å². The molecule has 2 heterocycles. The standard InChI is InChI=1S/C19H14FN3O2S/c20-14-7-5-13(6-8-14)12-24-18-10-9-15(25-18)11-21-23-19-22-16-3-1-2-4-17(16)26-19/h1-11H,12H2,(H,22,23)/b21-11+. The minimum absolute atomic E-state index is 0.272. The van der Waals surface area contributed by atoms with E-state index in [1.54, 1.807) is 30.5 Å². The minimum atomic E-state index is -0.272. The zero-order valence-corrected chi connectivity index (χ0v) is 14.4. The fourth-order valence-corrected chi connectivity index (χ4v) is 3.10. The molecule has 2 aromatic heterocycles. The molecule has 0 bridgehead atoms. The van der Waals surface area contributed by atoms with E-state index in [2.05, 4.69) is 15.5 Å². The summed E-state index contributed by atoms with van der Waals surface area (Å²) in [5, 5.41) is 4.84. The zero-order valence-electron chi connectivity index (χ0n) is 13.6. The first-order valence-corrected chi connectivity index (χ1v) is 8.70. The van der Waals surface area contributed by atoms with Gasteiger partial charge in [0.25, 0.3) is 5.95 Å². The van der Waals surface area contributed by atoms with E-state index in [9.17, 15) is 4.39 Å². The van der Waals surface area contributed by atoms with E-state index in [0.717, 1.165) is 15.8 Å². The van der Waals surface area contributed by atoms with E-state index in [4.69, 9.17) is 9.15 Å². The number of hydrazone groups is 1. The van der Waals surface area contributed by atoms with Gasteiger partial charge in [-0.15, -0.1) is 0 Å². The number of nitrogens with zero attached hydrogens (tertiary/aromatic N) is 2. The van der Waals surface area contributed by atoms with Gasteiger partial charge in [0.05, 0.1) is 16.4 Å². The van der Waals surface area contributed by atoms with Gasteiger partial charge in [-0.05, 0) is 35.9 Å². The summed E-state index contributed by atoms with van der Waals surface area (Å²) in [7, 11) is 0. The molecule has 0 aliphatic rings. The number of nitrogens with one attached hydrogen (secondary N) is 1. The number of fused-ring (bicyclic) bond motifs is 1. The second kappa shape index (κ2) is 7.37. The summed E-state index contributed by atoms with van der Waals surface area (Å²) in [5.41, 5.74) is 4.69. The van der Waals surface area contributed by atoms with Gasteiger partial charge in [0.1, 0.15) is 12.4 Å². The number of hydrogen-bond acceptors (Lipinski definition) is 6. The lowest BCUT2D eigenvalue weighted by Gasteiger charge is -2.02. The Morgan fingerprint density at radius 3 is 2.81 bits per heavy atom. The third kappa shape index (κ3) is 3.89. The summed E-state index contributed by atoms with van der Waals surface area (Å²) in [4.78, 5) is 4.43. The van der Waals surface area contributed by atoms with Crippen LogP contribution in [0.25, 0.3) is 10.2 Å². The molecular weight excluding hydrogens is 353 g/mol. The van der Waals surface area contributed by atoms with Crippen molar-refractivity contribution >= 4 is 32.9 Å². The number of thiazole rings is 1. The summed E-state index contributed by atoms with van der Waals surface area (Å²) in [6, 6.07) is 17.5. The fraction of sp³-hybridized carbons (Fsp3) is 0.0526. The van der Waals surface area contributed by atoms with Gasteiger partial charge in [-0.25, -0.2) is 9.37 Å². The highest BCUT2D eigenvalue weighted by atomic mass is 32.1. The molecule has 2 aromatic carbocycles. The number of anilines is 1. The van der Waals surface area contributed by atoms with E-state index in [1.807, 2.05) is 24.3 Å². The quantitative estimate of drug-likeness (QED) is 0.382. The zero-order chi connectivity index (χ0) is 17.8. The molecule has 0 saturated carbocycles.